The van der Waals surface area contributed by atoms with E-state index in [-0.39, 0.29) is 0 Å². The number of hydrogen-bond acceptors (Lipinski definition) is 3. The first-order valence-electron chi connectivity index (χ1n) is 4.30. The Balaban J connectivity index is 2.03. The number of hydrogen-bond donors (Lipinski definition) is 1. The number of thioether (sulfide) groups is 1. The number of aromatic hydroxyl groups is 1. The molecule has 1 aliphatic heterocycles. The lowest BCUT2D eigenvalue weighted by molar-refractivity contribution is 0.426. The molecule has 0 radical (unpaired) electrons. The molecule has 0 bridgehead atoms. The van der Waals surface area contributed by atoms with Crippen LogP contribution in [0.4, 0.5) is 0 Å². The maximum atomic E-state index is 9.51. The summed E-state index contributed by atoms with van der Waals surface area (Å²) in [5.74, 6) is 1.31. The van der Waals surface area contributed by atoms with Crippen molar-refractivity contribution in [3.8, 4) is 5.75 Å². The van der Waals surface area contributed by atoms with Gasteiger partial charge in [0.25, 0.3) is 0 Å². The van der Waals surface area contributed by atoms with Crippen LogP contribution in [0.25, 0.3) is 0 Å². The third-order valence-corrected chi connectivity index (χ3v) is 3.12. The van der Waals surface area contributed by atoms with E-state index in [0.29, 0.717) is 11.9 Å². The van der Waals surface area contributed by atoms with Gasteiger partial charge in [-0.05, 0) is 24.6 Å². The van der Waals surface area contributed by atoms with E-state index in [2.05, 4.69) is 0 Å². The third-order valence-electron chi connectivity index (χ3n) is 1.94. The fourth-order valence-electron chi connectivity index (χ4n) is 1.08. The van der Waals surface area contributed by atoms with Gasteiger partial charge in [-0.2, -0.15) is 0 Å². The highest BCUT2D eigenvalue weighted by molar-refractivity contribution is 7.99. The molecule has 1 N–H and O–H groups in total. The summed E-state index contributed by atoms with van der Waals surface area (Å²) in [7, 11) is 0. The van der Waals surface area contributed by atoms with Crippen molar-refractivity contribution in [1.82, 2.24) is 0 Å². The van der Waals surface area contributed by atoms with Crippen LogP contribution in [0.2, 0.25) is 0 Å². The summed E-state index contributed by atoms with van der Waals surface area (Å²) < 4.78 is 5.10. The predicted molar refractivity (Wildman–Crippen MR) is 53.3 cm³/mol. The van der Waals surface area contributed by atoms with Crippen LogP contribution < -0.4 is 0 Å². The van der Waals surface area contributed by atoms with E-state index >= 15 is 0 Å². The summed E-state index contributed by atoms with van der Waals surface area (Å²) in [6.07, 6.45) is 0.407. The van der Waals surface area contributed by atoms with Crippen LogP contribution in [0.1, 0.15) is 5.56 Å². The van der Waals surface area contributed by atoms with Crippen LogP contribution in [0.15, 0.2) is 23.1 Å². The maximum absolute atomic E-state index is 9.51. The number of aryl methyl sites for hydroxylation is 1. The molecule has 2 rings (SSSR count). The summed E-state index contributed by atoms with van der Waals surface area (Å²) in [6.45, 7) is 2.90. The van der Waals surface area contributed by atoms with E-state index in [9.17, 15) is 5.11 Å². The van der Waals surface area contributed by atoms with Gasteiger partial charge in [-0.1, -0.05) is 6.07 Å². The number of phenolic OH excluding ortho intramolecular Hbond substituents is 1. The minimum Gasteiger partial charge on any atom is -0.507 e. The van der Waals surface area contributed by atoms with Crippen LogP contribution >= 0.6 is 11.8 Å². The molecule has 1 unspecified atom stereocenters. The van der Waals surface area contributed by atoms with Gasteiger partial charge in [-0.25, -0.2) is 0 Å². The van der Waals surface area contributed by atoms with Crippen molar-refractivity contribution in [2.75, 3.05) is 12.4 Å². The summed E-state index contributed by atoms with van der Waals surface area (Å²) in [5.41, 5.74) is 1.18. The van der Waals surface area contributed by atoms with Gasteiger partial charge in [0.1, 0.15) is 5.75 Å². The molecule has 1 aromatic rings. The van der Waals surface area contributed by atoms with Gasteiger partial charge < -0.3 is 9.84 Å². The molecule has 0 aromatic heterocycles. The minimum absolute atomic E-state index is 0.372. The Kier molecular flexibility index (Phi) is 2.47. The molecule has 0 aliphatic carbocycles. The average Bonchev–Trinajstić information content (AvgIpc) is 2.90. The second-order valence-electron chi connectivity index (χ2n) is 3.24. The Bertz CT molecular complexity index is 308. The Morgan fingerprint density at radius 1 is 1.62 bits per heavy atom. The Labute approximate surface area is 81.9 Å². The molecular weight excluding hydrogens is 184 g/mol. The number of rotatable bonds is 3. The monoisotopic (exact) mass is 196 g/mol. The summed E-state index contributed by atoms with van der Waals surface area (Å²) in [6, 6.07) is 5.65. The van der Waals surface area contributed by atoms with Gasteiger partial charge in [0.15, 0.2) is 0 Å². The van der Waals surface area contributed by atoms with Gasteiger partial charge in [0, 0.05) is 10.6 Å². The van der Waals surface area contributed by atoms with Crippen LogP contribution in [0, 0.1) is 6.92 Å². The molecule has 1 saturated heterocycles. The number of epoxide rings is 1. The summed E-state index contributed by atoms with van der Waals surface area (Å²) in [4.78, 5) is 0.954. The molecule has 3 heteroatoms. The lowest BCUT2D eigenvalue weighted by Crippen LogP contribution is -1.88. The molecule has 0 saturated carbocycles. The van der Waals surface area contributed by atoms with E-state index < -0.39 is 0 Å². The largest absolute Gasteiger partial charge is 0.507 e. The topological polar surface area (TPSA) is 32.8 Å². The average molecular weight is 196 g/mol. The van der Waals surface area contributed by atoms with Crippen molar-refractivity contribution in [2.45, 2.75) is 17.9 Å². The SMILES string of the molecule is Cc1ccc(O)c(SCC2CO2)c1. The first kappa shape index (κ1) is 8.91. The number of phenols is 1. The van der Waals surface area contributed by atoms with Crippen molar-refractivity contribution in [3.63, 3.8) is 0 Å². The lowest BCUT2D eigenvalue weighted by atomic mass is 10.2. The van der Waals surface area contributed by atoms with E-state index in [1.54, 1.807) is 17.8 Å². The molecular formula is C10H12O2S. The van der Waals surface area contributed by atoms with Gasteiger partial charge in [0.2, 0.25) is 0 Å². The molecule has 0 spiro atoms. The normalized spacial score (nSPS) is 20.2. The van der Waals surface area contributed by atoms with E-state index in [1.807, 2.05) is 19.1 Å². The zero-order valence-electron chi connectivity index (χ0n) is 7.49. The van der Waals surface area contributed by atoms with Crippen molar-refractivity contribution >= 4 is 11.8 Å². The highest BCUT2D eigenvalue weighted by Gasteiger charge is 2.22. The number of ether oxygens (including phenoxy) is 1. The fourth-order valence-corrected chi connectivity index (χ4v) is 2.13. The molecule has 1 atom stereocenters. The molecule has 1 heterocycles. The van der Waals surface area contributed by atoms with Crippen molar-refractivity contribution in [2.24, 2.45) is 0 Å². The van der Waals surface area contributed by atoms with Crippen LogP contribution in [-0.2, 0) is 4.74 Å². The standard InChI is InChI=1S/C10H12O2S/c1-7-2-3-9(11)10(4-7)13-6-8-5-12-8/h2-4,8,11H,5-6H2,1H3. The van der Waals surface area contributed by atoms with Crippen molar-refractivity contribution in [1.29, 1.82) is 0 Å². The number of benzene rings is 1. The summed E-state index contributed by atoms with van der Waals surface area (Å²) in [5, 5.41) is 9.51. The summed E-state index contributed by atoms with van der Waals surface area (Å²) >= 11 is 1.66. The molecule has 70 valence electrons. The zero-order chi connectivity index (χ0) is 9.26. The van der Waals surface area contributed by atoms with E-state index in [4.69, 9.17) is 4.74 Å². The highest BCUT2D eigenvalue weighted by Crippen LogP contribution is 2.31. The highest BCUT2D eigenvalue weighted by atomic mass is 32.2. The van der Waals surface area contributed by atoms with Crippen molar-refractivity contribution < 1.29 is 9.84 Å². The van der Waals surface area contributed by atoms with Crippen LogP contribution in [0.3, 0.4) is 0 Å². The first-order valence-corrected chi connectivity index (χ1v) is 5.28. The van der Waals surface area contributed by atoms with Gasteiger partial charge in [-0.3, -0.25) is 0 Å². The third kappa shape index (κ3) is 2.39. The molecule has 1 aliphatic rings. The van der Waals surface area contributed by atoms with Gasteiger partial charge in [-0.15, -0.1) is 11.8 Å². The predicted octanol–water partition coefficient (Wildman–Crippen LogP) is 2.19. The zero-order valence-corrected chi connectivity index (χ0v) is 8.30. The second kappa shape index (κ2) is 3.60. The first-order chi connectivity index (χ1) is 6.25. The van der Waals surface area contributed by atoms with Crippen LogP contribution in [0.5, 0.6) is 5.75 Å². The van der Waals surface area contributed by atoms with Gasteiger partial charge >= 0.3 is 0 Å². The van der Waals surface area contributed by atoms with E-state index in [0.717, 1.165) is 17.3 Å². The molecule has 2 nitrogen and oxygen atoms in total. The maximum Gasteiger partial charge on any atom is 0.129 e. The fraction of sp³-hybridized carbons (Fsp3) is 0.400. The molecule has 1 aromatic carbocycles. The Hall–Kier alpha value is -0.670. The molecule has 1 fully saturated rings. The smallest absolute Gasteiger partial charge is 0.129 e. The lowest BCUT2D eigenvalue weighted by Gasteiger charge is -2.03. The second-order valence-corrected chi connectivity index (χ2v) is 4.30. The molecule has 13 heavy (non-hydrogen) atoms. The van der Waals surface area contributed by atoms with E-state index in [1.165, 1.54) is 5.56 Å². The van der Waals surface area contributed by atoms with Crippen LogP contribution in [-0.4, -0.2) is 23.6 Å². The molecule has 0 amide bonds. The van der Waals surface area contributed by atoms with Gasteiger partial charge in [0.05, 0.1) is 12.7 Å². The van der Waals surface area contributed by atoms with Crippen molar-refractivity contribution in [3.05, 3.63) is 23.8 Å². The Morgan fingerprint density at radius 2 is 2.38 bits per heavy atom. The Morgan fingerprint density at radius 3 is 3.08 bits per heavy atom. The quantitative estimate of drug-likeness (QED) is 0.594. The minimum atomic E-state index is 0.372.